The Kier molecular flexibility index (Phi) is 15.4. The molecule has 18 heteroatoms. The van der Waals surface area contributed by atoms with Crippen LogP contribution < -0.4 is 9.47 Å². The maximum absolute atomic E-state index is 11.7. The van der Waals surface area contributed by atoms with Gasteiger partial charge in [-0.3, -0.25) is 15.0 Å². The highest BCUT2D eigenvalue weighted by Gasteiger charge is 2.16. The molecule has 2 aromatic carbocycles. The van der Waals surface area contributed by atoms with E-state index < -0.39 is 11.9 Å². The maximum atomic E-state index is 11.7. The van der Waals surface area contributed by atoms with Gasteiger partial charge in [-0.05, 0) is 45.8 Å². The number of carbonyl (C=O) groups is 2. The van der Waals surface area contributed by atoms with Crippen molar-refractivity contribution in [2.45, 2.75) is 6.54 Å². The molecular formula is C33H32Br3N7O8. The molecule has 0 aliphatic carbocycles. The first kappa shape index (κ1) is 39.4. The predicted octanol–water partition coefficient (Wildman–Crippen LogP) is 5.82. The smallest absolute Gasteiger partial charge is 0.358 e. The molecule has 51 heavy (non-hydrogen) atoms. The summed E-state index contributed by atoms with van der Waals surface area (Å²) in [5.41, 5.74) is 3.36. The van der Waals surface area contributed by atoms with Gasteiger partial charge in [0.25, 0.3) is 0 Å². The van der Waals surface area contributed by atoms with Gasteiger partial charge in [-0.1, -0.05) is 31.9 Å². The number of aliphatic imine (C=N–C) groups is 1. The third kappa shape index (κ3) is 11.1. The van der Waals surface area contributed by atoms with Crippen LogP contribution in [0.1, 0.15) is 32.1 Å². The maximum Gasteiger partial charge on any atom is 0.358 e. The standard InChI is InChI=1S/C16H15BrN4O4.C11H12BrNO2.C6H5BrN2O2/c1-23-3-4-25-14-6-10(17)5-13-11(14)7-19-21(13)15-9-18-8-12(20-15)16(22)24-2;1-14-2-3-15-11-5-9(12)4-8-6-13-7-10(8)11;1-11-6(10)4-2-8-3-5(7)9-4/h5-9H,3-4H2,1-2H3;4-5,7H,2-3,6H2,1H3;2-3H,1H3. The molecule has 0 saturated carbocycles. The minimum atomic E-state index is -0.560. The van der Waals surface area contributed by atoms with Gasteiger partial charge < -0.3 is 28.4 Å². The van der Waals surface area contributed by atoms with E-state index in [1.54, 1.807) is 25.1 Å². The molecule has 0 bridgehead atoms. The van der Waals surface area contributed by atoms with E-state index in [4.69, 9.17) is 18.9 Å². The fourth-order valence-electron chi connectivity index (χ4n) is 4.32. The highest BCUT2D eigenvalue weighted by Crippen LogP contribution is 2.32. The number of hydrogen-bond acceptors (Lipinski definition) is 14. The van der Waals surface area contributed by atoms with Crippen LogP contribution >= 0.6 is 47.8 Å². The average molecular weight is 894 g/mol. The molecule has 0 amide bonds. The number of ether oxygens (including phenoxy) is 6. The van der Waals surface area contributed by atoms with Crippen LogP contribution in [0.15, 0.2) is 73.8 Å². The molecule has 5 aromatic rings. The van der Waals surface area contributed by atoms with Crippen molar-refractivity contribution in [1.29, 1.82) is 0 Å². The number of esters is 2. The lowest BCUT2D eigenvalue weighted by Crippen LogP contribution is -2.09. The Morgan fingerprint density at radius 2 is 1.33 bits per heavy atom. The highest BCUT2D eigenvalue weighted by molar-refractivity contribution is 9.11. The number of hydrogen-bond donors (Lipinski definition) is 0. The van der Waals surface area contributed by atoms with E-state index in [0.717, 1.165) is 37.7 Å². The minimum absolute atomic E-state index is 0.107. The van der Waals surface area contributed by atoms with Gasteiger partial charge in [0, 0.05) is 34.9 Å². The molecule has 6 rings (SSSR count). The number of methoxy groups -OCH3 is 4. The summed E-state index contributed by atoms with van der Waals surface area (Å²) < 4.78 is 34.4. The van der Waals surface area contributed by atoms with Crippen LogP contribution in [0.4, 0.5) is 0 Å². The van der Waals surface area contributed by atoms with Crippen molar-refractivity contribution >= 4 is 76.8 Å². The summed E-state index contributed by atoms with van der Waals surface area (Å²) >= 11 is 10.0. The molecule has 0 N–H and O–H groups in total. The third-order valence-electron chi connectivity index (χ3n) is 6.61. The van der Waals surface area contributed by atoms with Crippen LogP contribution in [0.3, 0.4) is 0 Å². The van der Waals surface area contributed by atoms with Gasteiger partial charge in [0.1, 0.15) is 29.3 Å². The van der Waals surface area contributed by atoms with Crippen molar-refractivity contribution in [3.05, 3.63) is 91.3 Å². The van der Waals surface area contributed by atoms with Crippen molar-refractivity contribution in [2.24, 2.45) is 4.99 Å². The van der Waals surface area contributed by atoms with Crippen molar-refractivity contribution in [3.63, 3.8) is 0 Å². The lowest BCUT2D eigenvalue weighted by atomic mass is 10.1. The second kappa shape index (κ2) is 19.9. The van der Waals surface area contributed by atoms with E-state index >= 15 is 0 Å². The van der Waals surface area contributed by atoms with Gasteiger partial charge in [-0.2, -0.15) is 5.10 Å². The van der Waals surface area contributed by atoms with Gasteiger partial charge >= 0.3 is 11.9 Å². The van der Waals surface area contributed by atoms with Gasteiger partial charge in [0.05, 0.1) is 75.9 Å². The monoisotopic (exact) mass is 891 g/mol. The van der Waals surface area contributed by atoms with Gasteiger partial charge in [0.2, 0.25) is 0 Å². The SMILES string of the molecule is COC(=O)c1cncc(Br)n1.COCCOc1cc(Br)cc2c1C=NC2.COCCOc1cc(Br)cc2c1cnn2-c1cncc(C(=O)OC)n1. The second-order valence-electron chi connectivity index (χ2n) is 9.99. The van der Waals surface area contributed by atoms with Crippen LogP contribution in [0.5, 0.6) is 11.5 Å². The Hall–Kier alpha value is -4.36. The van der Waals surface area contributed by atoms with Gasteiger partial charge in [0.15, 0.2) is 17.2 Å². The zero-order valence-corrected chi connectivity index (χ0v) is 32.6. The van der Waals surface area contributed by atoms with Crippen LogP contribution in [0.25, 0.3) is 16.7 Å². The molecule has 15 nitrogen and oxygen atoms in total. The quantitative estimate of drug-likeness (QED) is 0.115. The number of halogens is 3. The number of carbonyl (C=O) groups excluding carboxylic acids is 2. The third-order valence-corrected chi connectivity index (χ3v) is 7.91. The number of aromatic nitrogens is 6. The molecule has 0 atom stereocenters. The fourth-order valence-corrected chi connectivity index (χ4v) is 5.54. The summed E-state index contributed by atoms with van der Waals surface area (Å²) in [4.78, 5) is 42.6. The minimum Gasteiger partial charge on any atom is -0.490 e. The van der Waals surface area contributed by atoms with E-state index in [9.17, 15) is 9.59 Å². The first-order valence-electron chi connectivity index (χ1n) is 14.9. The van der Waals surface area contributed by atoms with Crippen molar-refractivity contribution in [1.82, 2.24) is 29.7 Å². The number of benzene rings is 2. The largest absolute Gasteiger partial charge is 0.490 e. The first-order valence-corrected chi connectivity index (χ1v) is 17.3. The zero-order chi connectivity index (χ0) is 36.8. The van der Waals surface area contributed by atoms with E-state index in [0.29, 0.717) is 42.6 Å². The number of nitrogens with zero attached hydrogens (tertiary/aromatic N) is 7. The average Bonchev–Trinajstić information content (AvgIpc) is 3.79. The van der Waals surface area contributed by atoms with E-state index in [2.05, 4.69) is 93.4 Å². The molecule has 0 spiro atoms. The Bertz CT molecular complexity index is 1990. The summed E-state index contributed by atoms with van der Waals surface area (Å²) in [6.45, 7) is 2.81. The van der Waals surface area contributed by atoms with Crippen LogP contribution in [-0.2, 0) is 25.5 Å². The Balaban J connectivity index is 0.000000190. The molecular weight excluding hydrogens is 862 g/mol. The van der Waals surface area contributed by atoms with Crippen LogP contribution in [0, 0.1) is 0 Å². The zero-order valence-electron chi connectivity index (χ0n) is 27.8. The summed E-state index contributed by atoms with van der Waals surface area (Å²) in [6, 6.07) is 7.79. The summed E-state index contributed by atoms with van der Waals surface area (Å²) in [7, 11) is 5.87. The van der Waals surface area contributed by atoms with Gasteiger partial charge in [-0.25, -0.2) is 24.2 Å². The van der Waals surface area contributed by atoms with Crippen LogP contribution in [0.2, 0.25) is 0 Å². The molecule has 268 valence electrons. The molecule has 0 saturated heterocycles. The van der Waals surface area contributed by atoms with Gasteiger partial charge in [-0.15, -0.1) is 0 Å². The van der Waals surface area contributed by atoms with Crippen LogP contribution in [-0.4, -0.2) is 103 Å². The summed E-state index contributed by atoms with van der Waals surface area (Å²) in [5.74, 6) is 0.899. The Morgan fingerprint density at radius 3 is 1.98 bits per heavy atom. The molecule has 0 fully saturated rings. The lowest BCUT2D eigenvalue weighted by molar-refractivity contribution is 0.0584. The van der Waals surface area contributed by atoms with E-state index in [1.807, 2.05) is 24.4 Å². The lowest BCUT2D eigenvalue weighted by Gasteiger charge is -2.09. The van der Waals surface area contributed by atoms with Crippen molar-refractivity contribution in [3.8, 4) is 17.3 Å². The topological polar surface area (TPSA) is 171 Å². The predicted molar refractivity (Wildman–Crippen MR) is 197 cm³/mol. The molecule has 0 unspecified atom stereocenters. The number of rotatable bonds is 11. The first-order chi connectivity index (χ1) is 24.7. The normalized spacial score (nSPS) is 11.1. The molecule has 0 radical (unpaired) electrons. The summed E-state index contributed by atoms with van der Waals surface area (Å²) in [6.07, 6.45) is 9.24. The van der Waals surface area contributed by atoms with E-state index in [-0.39, 0.29) is 11.4 Å². The van der Waals surface area contributed by atoms with E-state index in [1.165, 1.54) is 44.6 Å². The van der Waals surface area contributed by atoms with Crippen molar-refractivity contribution < 1.29 is 38.0 Å². The second-order valence-corrected chi connectivity index (χ2v) is 12.6. The molecule has 1 aliphatic heterocycles. The molecule has 4 heterocycles. The highest BCUT2D eigenvalue weighted by atomic mass is 79.9. The van der Waals surface area contributed by atoms with Crippen molar-refractivity contribution in [2.75, 3.05) is 54.9 Å². The molecule has 1 aliphatic rings. The fraction of sp³-hybridized carbons (Fsp3) is 0.273. The summed E-state index contributed by atoms with van der Waals surface area (Å²) in [5, 5.41) is 5.16. The Morgan fingerprint density at radius 1 is 0.725 bits per heavy atom. The molecule has 3 aromatic heterocycles. The number of fused-ring (bicyclic) bond motifs is 2. The Labute approximate surface area is 318 Å².